The number of nitrogens with zero attached hydrogens (tertiary/aromatic N) is 3. The minimum Gasteiger partial charge on any atom is -0.369 e. The smallest absolute Gasteiger partial charge is 0.202 e. The lowest BCUT2D eigenvalue weighted by atomic mass is 10.2. The van der Waals surface area contributed by atoms with Gasteiger partial charge in [0.2, 0.25) is 5.96 Å². The number of aliphatic imine (C=N–C) groups is 2. The molecule has 1 aliphatic rings. The third-order valence-corrected chi connectivity index (χ3v) is 2.35. The van der Waals surface area contributed by atoms with Gasteiger partial charge in [-0.1, -0.05) is 19.8 Å². The quantitative estimate of drug-likeness (QED) is 0.674. The second-order valence-electron chi connectivity index (χ2n) is 3.78. The Morgan fingerprint density at radius 1 is 1.53 bits per heavy atom. The molecule has 5 nitrogen and oxygen atoms in total. The molecule has 5 heteroatoms. The van der Waals surface area contributed by atoms with Gasteiger partial charge in [0, 0.05) is 13.6 Å². The maximum atomic E-state index is 5.74. The predicted molar refractivity (Wildman–Crippen MR) is 63.8 cm³/mol. The molecule has 1 aliphatic heterocycles. The topological polar surface area (TPSA) is 66.0 Å². The van der Waals surface area contributed by atoms with Crippen LogP contribution in [0.5, 0.6) is 0 Å². The van der Waals surface area contributed by atoms with E-state index in [0.717, 1.165) is 18.9 Å². The Balaban J connectivity index is 2.51. The van der Waals surface area contributed by atoms with E-state index in [9.17, 15) is 0 Å². The van der Waals surface area contributed by atoms with Crippen molar-refractivity contribution in [3.63, 3.8) is 0 Å². The van der Waals surface area contributed by atoms with Gasteiger partial charge in [0.1, 0.15) is 6.17 Å². The fourth-order valence-electron chi connectivity index (χ4n) is 1.41. The lowest BCUT2D eigenvalue weighted by Crippen LogP contribution is -2.53. The van der Waals surface area contributed by atoms with Crippen molar-refractivity contribution in [2.75, 3.05) is 13.6 Å². The minimum absolute atomic E-state index is 0.0196. The third kappa shape index (κ3) is 3.42. The second kappa shape index (κ2) is 5.58. The summed E-state index contributed by atoms with van der Waals surface area (Å²) in [5.74, 6) is 1.35. The maximum absolute atomic E-state index is 5.74. The molecule has 0 radical (unpaired) electrons. The molecule has 0 spiro atoms. The summed E-state index contributed by atoms with van der Waals surface area (Å²) in [6.07, 6.45) is 3.58. The molecule has 0 aromatic rings. The fourth-order valence-corrected chi connectivity index (χ4v) is 1.41. The fraction of sp³-hybridized carbons (Fsp3) is 0.800. The average Bonchev–Trinajstić information content (AvgIpc) is 2.19. The van der Waals surface area contributed by atoms with E-state index >= 15 is 0 Å². The Morgan fingerprint density at radius 3 is 2.93 bits per heavy atom. The van der Waals surface area contributed by atoms with Gasteiger partial charge in [0.05, 0.1) is 0 Å². The molecule has 1 heterocycles. The van der Waals surface area contributed by atoms with E-state index in [0.29, 0.717) is 5.96 Å². The van der Waals surface area contributed by atoms with Crippen molar-refractivity contribution in [1.82, 2.24) is 10.2 Å². The molecule has 0 amide bonds. The zero-order valence-electron chi connectivity index (χ0n) is 9.82. The van der Waals surface area contributed by atoms with Gasteiger partial charge in [0.25, 0.3) is 0 Å². The van der Waals surface area contributed by atoms with Crippen molar-refractivity contribution < 1.29 is 0 Å². The molecule has 0 saturated carbocycles. The van der Waals surface area contributed by atoms with Gasteiger partial charge in [-0.25, -0.2) is 4.99 Å². The van der Waals surface area contributed by atoms with E-state index in [-0.39, 0.29) is 6.17 Å². The van der Waals surface area contributed by atoms with Crippen LogP contribution in [0, 0.1) is 0 Å². The Hall–Kier alpha value is -1.26. The highest BCUT2D eigenvalue weighted by Crippen LogP contribution is 2.00. The van der Waals surface area contributed by atoms with Crippen LogP contribution in [0.1, 0.15) is 33.1 Å². The summed E-state index contributed by atoms with van der Waals surface area (Å²) in [5.41, 5.74) is 5.74. The maximum Gasteiger partial charge on any atom is 0.202 e. The molecule has 15 heavy (non-hydrogen) atoms. The Kier molecular flexibility index (Phi) is 4.39. The summed E-state index contributed by atoms with van der Waals surface area (Å²) in [6.45, 7) is 4.99. The number of unbranched alkanes of at least 4 members (excludes halogenated alkanes) is 2. The van der Waals surface area contributed by atoms with E-state index in [1.165, 1.54) is 12.8 Å². The van der Waals surface area contributed by atoms with Gasteiger partial charge in [-0.2, -0.15) is 0 Å². The van der Waals surface area contributed by atoms with Gasteiger partial charge in [0.15, 0.2) is 5.96 Å². The SMILES string of the molecule is CCCCCN=C1NC(C)N=C(N)N1C. The van der Waals surface area contributed by atoms with Crippen LogP contribution in [-0.4, -0.2) is 36.6 Å². The predicted octanol–water partition coefficient (Wildman–Crippen LogP) is 0.728. The van der Waals surface area contributed by atoms with E-state index < -0.39 is 0 Å². The first kappa shape index (κ1) is 11.8. The van der Waals surface area contributed by atoms with Crippen LogP contribution in [0.4, 0.5) is 0 Å². The molecular formula is C10H21N5. The number of hydrogen-bond donors (Lipinski definition) is 2. The van der Waals surface area contributed by atoms with E-state index in [1.54, 1.807) is 4.90 Å². The normalized spacial score (nSPS) is 23.9. The summed E-state index contributed by atoms with van der Waals surface area (Å²) >= 11 is 0. The van der Waals surface area contributed by atoms with Crippen molar-refractivity contribution in [2.45, 2.75) is 39.3 Å². The summed E-state index contributed by atoms with van der Waals surface area (Å²) in [7, 11) is 1.87. The van der Waals surface area contributed by atoms with Crippen molar-refractivity contribution >= 4 is 11.9 Å². The van der Waals surface area contributed by atoms with E-state index in [4.69, 9.17) is 5.73 Å². The zero-order valence-corrected chi connectivity index (χ0v) is 9.82. The molecule has 0 aromatic carbocycles. The van der Waals surface area contributed by atoms with Crippen molar-refractivity contribution in [1.29, 1.82) is 0 Å². The van der Waals surface area contributed by atoms with Gasteiger partial charge < -0.3 is 11.1 Å². The second-order valence-corrected chi connectivity index (χ2v) is 3.78. The lowest BCUT2D eigenvalue weighted by Gasteiger charge is -2.28. The summed E-state index contributed by atoms with van der Waals surface area (Å²) < 4.78 is 0. The van der Waals surface area contributed by atoms with Gasteiger partial charge >= 0.3 is 0 Å². The van der Waals surface area contributed by atoms with Crippen LogP contribution in [0.3, 0.4) is 0 Å². The van der Waals surface area contributed by atoms with Crippen molar-refractivity contribution in [3.8, 4) is 0 Å². The third-order valence-electron chi connectivity index (χ3n) is 2.35. The van der Waals surface area contributed by atoms with Crippen LogP contribution in [0.2, 0.25) is 0 Å². The van der Waals surface area contributed by atoms with Gasteiger partial charge in [-0.05, 0) is 13.3 Å². The first-order chi connectivity index (χ1) is 7.15. The summed E-state index contributed by atoms with van der Waals surface area (Å²) in [4.78, 5) is 10.4. The molecule has 0 bridgehead atoms. The molecule has 1 rings (SSSR count). The molecule has 0 aromatic heterocycles. The summed E-state index contributed by atoms with van der Waals surface area (Å²) in [5, 5.41) is 3.18. The lowest BCUT2D eigenvalue weighted by molar-refractivity contribution is 0.563. The number of nitrogens with two attached hydrogens (primary N) is 1. The van der Waals surface area contributed by atoms with Crippen molar-refractivity contribution in [3.05, 3.63) is 0 Å². The van der Waals surface area contributed by atoms with Crippen LogP contribution in [0.25, 0.3) is 0 Å². The first-order valence-electron chi connectivity index (χ1n) is 5.53. The molecule has 0 aliphatic carbocycles. The highest BCUT2D eigenvalue weighted by molar-refractivity contribution is 5.99. The minimum atomic E-state index is 0.0196. The Morgan fingerprint density at radius 2 is 2.27 bits per heavy atom. The van der Waals surface area contributed by atoms with E-state index in [2.05, 4.69) is 22.2 Å². The molecule has 0 fully saturated rings. The zero-order chi connectivity index (χ0) is 11.3. The van der Waals surface area contributed by atoms with Crippen LogP contribution in [-0.2, 0) is 0 Å². The number of rotatable bonds is 4. The number of guanidine groups is 2. The monoisotopic (exact) mass is 211 g/mol. The molecule has 86 valence electrons. The average molecular weight is 211 g/mol. The highest BCUT2D eigenvalue weighted by Gasteiger charge is 2.18. The van der Waals surface area contributed by atoms with Crippen LogP contribution in [0.15, 0.2) is 9.98 Å². The van der Waals surface area contributed by atoms with Crippen LogP contribution >= 0.6 is 0 Å². The van der Waals surface area contributed by atoms with Crippen molar-refractivity contribution in [2.24, 2.45) is 15.7 Å². The van der Waals surface area contributed by atoms with E-state index in [1.807, 2.05) is 14.0 Å². The van der Waals surface area contributed by atoms with Gasteiger partial charge in [-0.15, -0.1) is 0 Å². The highest BCUT2D eigenvalue weighted by atomic mass is 15.4. The van der Waals surface area contributed by atoms with Crippen LogP contribution < -0.4 is 11.1 Å². The number of nitrogens with one attached hydrogen (secondary N) is 1. The summed E-state index contributed by atoms with van der Waals surface area (Å²) in [6, 6.07) is 0. The standard InChI is InChI=1S/C10H21N5/c1-4-5-6-7-12-10-14-8(2)13-9(11)15(10)3/h8H,4-7H2,1-3H3,(H2,11,13)(H,12,14). The Bertz CT molecular complexity index is 259. The number of hydrogen-bond acceptors (Lipinski definition) is 3. The molecular weight excluding hydrogens is 190 g/mol. The molecule has 1 unspecified atom stereocenters. The largest absolute Gasteiger partial charge is 0.369 e. The molecule has 3 N–H and O–H groups in total. The molecule has 0 saturated heterocycles. The first-order valence-corrected chi connectivity index (χ1v) is 5.53. The van der Waals surface area contributed by atoms with Gasteiger partial charge in [-0.3, -0.25) is 9.89 Å². The Labute approximate surface area is 91.5 Å². The molecule has 1 atom stereocenters.